The average Bonchev–Trinajstić information content (AvgIpc) is 3.00. The molecule has 0 spiro atoms. The maximum atomic E-state index is 17.0. The summed E-state index contributed by atoms with van der Waals surface area (Å²) in [7, 11) is 1.77. The quantitative estimate of drug-likeness (QED) is 0.161. The fourth-order valence-corrected chi connectivity index (χ4v) is 6.11. The highest BCUT2D eigenvalue weighted by molar-refractivity contribution is 6.08. The van der Waals surface area contributed by atoms with Crippen LogP contribution in [0.15, 0.2) is 37.1 Å². The van der Waals surface area contributed by atoms with E-state index >= 15 is 4.39 Å². The molecule has 1 fully saturated rings. The minimum Gasteiger partial charge on any atom is -0.398 e. The number of amides is 1. The van der Waals surface area contributed by atoms with Gasteiger partial charge in [0.25, 0.3) is 0 Å². The summed E-state index contributed by atoms with van der Waals surface area (Å²) >= 11 is 0. The number of aryl methyl sites for hydroxylation is 2. The van der Waals surface area contributed by atoms with E-state index in [1.165, 1.54) is 6.08 Å². The van der Waals surface area contributed by atoms with Crippen molar-refractivity contribution in [3.8, 4) is 11.3 Å². The van der Waals surface area contributed by atoms with Crippen LogP contribution < -0.4 is 16.0 Å². The fraction of sp³-hybridized carbons (Fsp3) is 0.344. The number of anilines is 4. The van der Waals surface area contributed by atoms with Crippen molar-refractivity contribution >= 4 is 40.8 Å². The normalized spacial score (nSPS) is 17.3. The minimum atomic E-state index is -0.915. The monoisotopic (exact) mass is 599 g/mol. The van der Waals surface area contributed by atoms with Gasteiger partial charge in [0.1, 0.15) is 17.3 Å². The Morgan fingerprint density at radius 2 is 1.98 bits per heavy atom. The second-order valence-corrected chi connectivity index (χ2v) is 11.3. The third-order valence-electron chi connectivity index (χ3n) is 8.48. The minimum absolute atomic E-state index is 0.00661. The van der Waals surface area contributed by atoms with Crippen LogP contribution in [0.3, 0.4) is 0 Å². The molecule has 1 aromatic carbocycles. The summed E-state index contributed by atoms with van der Waals surface area (Å²) in [5.41, 5.74) is 10.1. The number of hydrogen-bond donors (Lipinski definition) is 5. The molecule has 0 saturated carbocycles. The highest BCUT2D eigenvalue weighted by Crippen LogP contribution is 2.42. The maximum absolute atomic E-state index is 17.0. The van der Waals surface area contributed by atoms with E-state index in [0.29, 0.717) is 66.4 Å². The van der Waals surface area contributed by atoms with E-state index in [4.69, 9.17) is 16.1 Å². The highest BCUT2D eigenvalue weighted by Gasteiger charge is 2.37. The van der Waals surface area contributed by atoms with Crippen molar-refractivity contribution in [2.45, 2.75) is 39.3 Å². The van der Waals surface area contributed by atoms with E-state index in [1.807, 2.05) is 18.7 Å². The lowest BCUT2D eigenvalue weighted by Crippen LogP contribution is -2.58. The number of carbonyl (C=O) groups is 1. The smallest absolute Gasteiger partial charge is 0.246 e. The van der Waals surface area contributed by atoms with Crippen molar-refractivity contribution in [1.82, 2.24) is 19.8 Å². The summed E-state index contributed by atoms with van der Waals surface area (Å²) in [5, 5.41) is 31.4. The number of carbonyl (C=O) groups excluding carboxylic acids is 1. The lowest BCUT2D eigenvalue weighted by Gasteiger charge is -2.45. The molecule has 44 heavy (non-hydrogen) atoms. The van der Waals surface area contributed by atoms with Crippen LogP contribution in [0.1, 0.15) is 47.4 Å². The number of halogens is 1. The van der Waals surface area contributed by atoms with Gasteiger partial charge < -0.3 is 36.3 Å². The van der Waals surface area contributed by atoms with Crippen LogP contribution in [0, 0.1) is 30.5 Å². The van der Waals surface area contributed by atoms with Gasteiger partial charge in [-0.1, -0.05) is 12.6 Å². The van der Waals surface area contributed by atoms with Gasteiger partial charge in [-0.2, -0.15) is 0 Å². The van der Waals surface area contributed by atoms with E-state index in [-0.39, 0.29) is 40.5 Å². The third-order valence-corrected chi connectivity index (χ3v) is 8.48. The molecule has 1 saturated heterocycles. The van der Waals surface area contributed by atoms with E-state index < -0.39 is 11.9 Å². The van der Waals surface area contributed by atoms with Crippen LogP contribution in [0.5, 0.6) is 0 Å². The number of hydrogen-bond acceptors (Lipinski definition) is 9. The van der Waals surface area contributed by atoms with Crippen LogP contribution in [0.25, 0.3) is 11.3 Å². The van der Waals surface area contributed by atoms with Crippen molar-refractivity contribution in [3.05, 3.63) is 70.8 Å². The molecule has 0 radical (unpaired) electrons. The van der Waals surface area contributed by atoms with Gasteiger partial charge in [0, 0.05) is 68.5 Å². The molecule has 12 heteroatoms. The number of nitrogens with zero attached hydrogens (tertiary/aromatic N) is 5. The Morgan fingerprint density at radius 1 is 1.23 bits per heavy atom. The maximum Gasteiger partial charge on any atom is 0.246 e. The second kappa shape index (κ2) is 12.0. The molecular weight excluding hydrogens is 561 g/mol. The number of rotatable bonds is 6. The molecule has 6 N–H and O–H groups in total. The summed E-state index contributed by atoms with van der Waals surface area (Å²) in [6.07, 6.45) is 3.66. The van der Waals surface area contributed by atoms with E-state index in [2.05, 4.69) is 16.9 Å². The lowest BCUT2D eigenvalue weighted by molar-refractivity contribution is -0.128. The van der Waals surface area contributed by atoms with Crippen LogP contribution in [-0.4, -0.2) is 82.1 Å². The molecule has 11 nitrogen and oxygen atoms in total. The van der Waals surface area contributed by atoms with Crippen molar-refractivity contribution < 1.29 is 14.3 Å². The zero-order valence-corrected chi connectivity index (χ0v) is 25.4. The van der Waals surface area contributed by atoms with E-state index in [1.54, 1.807) is 48.2 Å². The molecule has 0 aliphatic carbocycles. The topological polar surface area (TPSA) is 159 Å². The predicted molar refractivity (Wildman–Crippen MR) is 172 cm³/mol. The summed E-state index contributed by atoms with van der Waals surface area (Å²) in [4.78, 5) is 27.1. The third kappa shape index (κ3) is 5.25. The number of aromatic nitrogens is 2. The van der Waals surface area contributed by atoms with Crippen LogP contribution >= 0.6 is 0 Å². The van der Waals surface area contributed by atoms with Gasteiger partial charge >= 0.3 is 0 Å². The Bertz CT molecular complexity index is 1670. The molecule has 1 amide bonds. The zero-order chi connectivity index (χ0) is 31.9. The molecule has 3 aromatic rings. The molecule has 2 aliphatic rings. The van der Waals surface area contributed by atoms with Gasteiger partial charge in [0.15, 0.2) is 5.82 Å². The number of fused-ring (bicyclic) bond motifs is 2. The number of nitrogens with one attached hydrogen (secondary N) is 3. The number of aliphatic hydroxyl groups excluding tert-OH is 1. The van der Waals surface area contributed by atoms with E-state index in [9.17, 15) is 15.3 Å². The SMILES string of the molecule is C=CC(=O)N1CCN2C(=N)c3c(Nc4c(C)ccnc4C(C)O)nc(-c4c(C)ccc(N)c4C=N)c(F)c3N(C)CCC2C1. The summed E-state index contributed by atoms with van der Waals surface area (Å²) in [5.74, 6) is -0.523. The largest absolute Gasteiger partial charge is 0.398 e. The summed E-state index contributed by atoms with van der Waals surface area (Å²) < 4.78 is 17.0. The average molecular weight is 600 g/mol. The molecule has 0 bridgehead atoms. The Kier molecular flexibility index (Phi) is 8.38. The molecule has 230 valence electrons. The number of pyridine rings is 2. The van der Waals surface area contributed by atoms with Gasteiger partial charge in [-0.3, -0.25) is 15.2 Å². The number of piperazine rings is 1. The van der Waals surface area contributed by atoms with Crippen LogP contribution in [0.2, 0.25) is 0 Å². The van der Waals surface area contributed by atoms with Crippen molar-refractivity contribution in [1.29, 1.82) is 10.8 Å². The van der Waals surface area contributed by atoms with E-state index in [0.717, 1.165) is 11.8 Å². The number of nitrogen functional groups attached to an aromatic ring is 1. The van der Waals surface area contributed by atoms with Crippen molar-refractivity contribution in [2.75, 3.05) is 49.2 Å². The molecule has 2 unspecified atom stereocenters. The summed E-state index contributed by atoms with van der Waals surface area (Å²) in [6, 6.07) is 5.05. The first-order valence-electron chi connectivity index (χ1n) is 14.5. The van der Waals surface area contributed by atoms with Gasteiger partial charge in [0.2, 0.25) is 5.91 Å². The highest BCUT2D eigenvalue weighted by atomic mass is 19.1. The van der Waals surface area contributed by atoms with Gasteiger partial charge in [-0.15, -0.1) is 0 Å². The van der Waals surface area contributed by atoms with Crippen molar-refractivity contribution in [2.24, 2.45) is 0 Å². The standard InChI is InChI=1S/C32H38FN9O2/c1-6-23(44)41-13-14-42-20(16-41)10-12-40(5)30-25(31(42)36)32(38-27-18(3)9-11-37-28(27)19(4)43)39-29(26(30)33)24-17(2)7-8-22(35)21(24)15-34/h6-9,11,15,19-20,34,36,43H,1,10,12-14,16,35H2,2-5H3,(H,38,39). The summed E-state index contributed by atoms with van der Waals surface area (Å²) in [6.45, 7) is 10.5. The Morgan fingerprint density at radius 3 is 2.66 bits per heavy atom. The number of amidine groups is 1. The lowest BCUT2D eigenvalue weighted by atomic mass is 9.94. The number of benzene rings is 1. The molecule has 5 rings (SSSR count). The first-order chi connectivity index (χ1) is 21.0. The molecule has 4 heterocycles. The Hall–Kier alpha value is -4.84. The second-order valence-electron chi connectivity index (χ2n) is 11.3. The zero-order valence-electron chi connectivity index (χ0n) is 25.4. The Balaban J connectivity index is 1.78. The van der Waals surface area contributed by atoms with Gasteiger partial charge in [-0.25, -0.2) is 9.37 Å². The predicted octanol–water partition coefficient (Wildman–Crippen LogP) is 4.14. The Labute approximate surface area is 256 Å². The van der Waals surface area contributed by atoms with Gasteiger partial charge in [-0.05, 0) is 56.5 Å². The fourth-order valence-electron chi connectivity index (χ4n) is 6.11. The first-order valence-corrected chi connectivity index (χ1v) is 14.5. The first kappa shape index (κ1) is 30.6. The van der Waals surface area contributed by atoms with Crippen molar-refractivity contribution in [3.63, 3.8) is 0 Å². The molecular formula is C32H38FN9O2. The molecule has 2 aliphatic heterocycles. The van der Waals surface area contributed by atoms with Gasteiger partial charge in [0.05, 0.1) is 28.7 Å². The van der Waals surface area contributed by atoms with Crippen LogP contribution in [-0.2, 0) is 4.79 Å². The van der Waals surface area contributed by atoms with Crippen LogP contribution in [0.4, 0.5) is 27.3 Å². The number of aliphatic hydroxyl groups is 1. The molecule has 2 aromatic heterocycles. The molecule has 2 atom stereocenters. The number of nitrogens with two attached hydrogens (primary N) is 1.